The third-order valence-corrected chi connectivity index (χ3v) is 6.73. The lowest BCUT2D eigenvalue weighted by molar-refractivity contribution is -0.124. The number of rotatable bonds is 8. The molecule has 10 heteroatoms. The third kappa shape index (κ3) is 6.33. The van der Waals surface area contributed by atoms with E-state index in [1.165, 1.54) is 18.2 Å². The maximum atomic E-state index is 12.5. The Morgan fingerprint density at radius 2 is 1.89 bits per heavy atom. The van der Waals surface area contributed by atoms with Gasteiger partial charge in [-0.3, -0.25) is 9.52 Å². The van der Waals surface area contributed by atoms with Gasteiger partial charge in [0.25, 0.3) is 15.9 Å². The number of benzene rings is 1. The zero-order chi connectivity index (χ0) is 20.0. The van der Waals surface area contributed by atoms with Crippen LogP contribution in [0.5, 0.6) is 0 Å². The van der Waals surface area contributed by atoms with E-state index in [4.69, 9.17) is 4.74 Å². The number of amides is 1. The van der Waals surface area contributed by atoms with Gasteiger partial charge >= 0.3 is 5.97 Å². The van der Waals surface area contributed by atoms with Crippen molar-refractivity contribution in [3.05, 3.63) is 45.7 Å². The van der Waals surface area contributed by atoms with Crippen LogP contribution in [0, 0.1) is 5.92 Å². The molecule has 0 spiro atoms. The first-order chi connectivity index (χ1) is 12.7. The molecule has 1 amide bonds. The summed E-state index contributed by atoms with van der Waals surface area (Å²) >= 11 is 4.26. The van der Waals surface area contributed by atoms with Crippen molar-refractivity contribution in [1.82, 2.24) is 5.32 Å². The first kappa shape index (κ1) is 21.4. The van der Waals surface area contributed by atoms with E-state index in [1.54, 1.807) is 18.2 Å². The van der Waals surface area contributed by atoms with Gasteiger partial charge in [0.1, 0.15) is 4.21 Å². The SMILES string of the molecule is CC(C)CNC(=O)COC(=O)c1ccccc1NS(=O)(=O)c1ccc(Br)s1. The molecule has 27 heavy (non-hydrogen) atoms. The Balaban J connectivity index is 2.08. The molecule has 0 aliphatic rings. The number of sulfonamides is 1. The molecule has 0 saturated carbocycles. The summed E-state index contributed by atoms with van der Waals surface area (Å²) in [7, 11) is -3.85. The second-order valence-corrected chi connectivity index (χ2v) is 10.4. The van der Waals surface area contributed by atoms with Gasteiger partial charge in [0, 0.05) is 6.54 Å². The van der Waals surface area contributed by atoms with E-state index in [1.807, 2.05) is 13.8 Å². The van der Waals surface area contributed by atoms with Crippen molar-refractivity contribution < 1.29 is 22.7 Å². The maximum Gasteiger partial charge on any atom is 0.340 e. The number of carbonyl (C=O) groups is 2. The highest BCUT2D eigenvalue weighted by Gasteiger charge is 2.21. The number of thiophene rings is 1. The van der Waals surface area contributed by atoms with Crippen molar-refractivity contribution in [3.8, 4) is 0 Å². The summed E-state index contributed by atoms with van der Waals surface area (Å²) in [5, 5.41) is 2.63. The van der Waals surface area contributed by atoms with Gasteiger partial charge in [-0.1, -0.05) is 26.0 Å². The zero-order valence-corrected chi connectivity index (χ0v) is 17.9. The standard InChI is InChI=1S/C17H19BrN2O5S2/c1-11(2)9-19-15(21)10-25-17(22)12-5-3-4-6-13(12)20-27(23,24)16-8-7-14(18)26-16/h3-8,11,20H,9-10H2,1-2H3,(H,19,21). The van der Waals surface area contributed by atoms with Gasteiger partial charge in [-0.25, -0.2) is 13.2 Å². The number of esters is 1. The molecule has 0 radical (unpaired) electrons. The van der Waals surface area contributed by atoms with Gasteiger partial charge < -0.3 is 10.1 Å². The fourth-order valence-electron chi connectivity index (χ4n) is 1.97. The van der Waals surface area contributed by atoms with Crippen LogP contribution in [0.15, 0.2) is 44.4 Å². The Morgan fingerprint density at radius 3 is 2.52 bits per heavy atom. The third-order valence-electron chi connectivity index (χ3n) is 3.25. The number of para-hydroxylation sites is 1. The number of carbonyl (C=O) groups excluding carboxylic acids is 2. The van der Waals surface area contributed by atoms with Crippen LogP contribution in [0.3, 0.4) is 0 Å². The molecule has 0 aliphatic heterocycles. The van der Waals surface area contributed by atoms with Crippen LogP contribution in [0.25, 0.3) is 0 Å². The largest absolute Gasteiger partial charge is 0.452 e. The lowest BCUT2D eigenvalue weighted by atomic mass is 10.2. The van der Waals surface area contributed by atoms with E-state index >= 15 is 0 Å². The molecule has 0 aliphatic carbocycles. The summed E-state index contributed by atoms with van der Waals surface area (Å²) in [6.07, 6.45) is 0. The van der Waals surface area contributed by atoms with Crippen LogP contribution in [0.1, 0.15) is 24.2 Å². The van der Waals surface area contributed by atoms with E-state index in [9.17, 15) is 18.0 Å². The summed E-state index contributed by atoms with van der Waals surface area (Å²) in [6.45, 7) is 3.93. The molecule has 7 nitrogen and oxygen atoms in total. The number of nitrogens with one attached hydrogen (secondary N) is 2. The molecule has 1 heterocycles. The average molecular weight is 475 g/mol. The van der Waals surface area contributed by atoms with Crippen molar-refractivity contribution in [2.24, 2.45) is 5.92 Å². The molecule has 2 N–H and O–H groups in total. The van der Waals surface area contributed by atoms with Gasteiger partial charge in [-0.05, 0) is 46.1 Å². The van der Waals surface area contributed by atoms with Gasteiger partial charge in [0.2, 0.25) is 0 Å². The van der Waals surface area contributed by atoms with E-state index in [2.05, 4.69) is 26.0 Å². The van der Waals surface area contributed by atoms with Gasteiger partial charge in [0.05, 0.1) is 15.0 Å². The minimum atomic E-state index is -3.85. The predicted molar refractivity (Wildman–Crippen MR) is 107 cm³/mol. The highest BCUT2D eigenvalue weighted by atomic mass is 79.9. The number of hydrogen-bond acceptors (Lipinski definition) is 6. The quantitative estimate of drug-likeness (QED) is 0.571. The van der Waals surface area contributed by atoms with Crippen LogP contribution >= 0.6 is 27.3 Å². The van der Waals surface area contributed by atoms with Crippen molar-refractivity contribution in [1.29, 1.82) is 0 Å². The van der Waals surface area contributed by atoms with Gasteiger partial charge in [0.15, 0.2) is 6.61 Å². The second-order valence-electron chi connectivity index (χ2n) is 5.98. The van der Waals surface area contributed by atoms with Crippen LogP contribution < -0.4 is 10.0 Å². The lowest BCUT2D eigenvalue weighted by Gasteiger charge is -2.12. The Kier molecular flexibility index (Phi) is 7.40. The van der Waals surface area contributed by atoms with Crippen LogP contribution in [-0.4, -0.2) is 33.4 Å². The smallest absolute Gasteiger partial charge is 0.340 e. The predicted octanol–water partition coefficient (Wildman–Crippen LogP) is 3.24. The van der Waals surface area contributed by atoms with E-state index < -0.39 is 28.5 Å². The Labute approximate surface area is 170 Å². The monoisotopic (exact) mass is 474 g/mol. The highest BCUT2D eigenvalue weighted by molar-refractivity contribution is 9.11. The average Bonchev–Trinajstić information content (AvgIpc) is 3.05. The van der Waals surface area contributed by atoms with E-state index in [-0.39, 0.29) is 21.4 Å². The van der Waals surface area contributed by atoms with Gasteiger partial charge in [-0.15, -0.1) is 11.3 Å². The molecule has 0 fully saturated rings. The van der Waals surface area contributed by atoms with Crippen molar-refractivity contribution in [2.45, 2.75) is 18.1 Å². The maximum absolute atomic E-state index is 12.5. The summed E-state index contributed by atoms with van der Waals surface area (Å²) < 4.78 is 33.1. The molecule has 1 aromatic heterocycles. The van der Waals surface area contributed by atoms with Crippen LogP contribution in [0.4, 0.5) is 5.69 Å². The summed E-state index contributed by atoms with van der Waals surface area (Å²) in [4.78, 5) is 24.0. The number of anilines is 1. The molecule has 0 unspecified atom stereocenters. The molecule has 146 valence electrons. The highest BCUT2D eigenvalue weighted by Crippen LogP contribution is 2.28. The first-order valence-corrected chi connectivity index (χ1v) is 11.1. The molecule has 0 bridgehead atoms. The van der Waals surface area contributed by atoms with Crippen LogP contribution in [-0.2, 0) is 19.6 Å². The minimum Gasteiger partial charge on any atom is -0.452 e. The Morgan fingerprint density at radius 1 is 1.19 bits per heavy atom. The van der Waals surface area contributed by atoms with Crippen molar-refractivity contribution in [2.75, 3.05) is 17.9 Å². The lowest BCUT2D eigenvalue weighted by Crippen LogP contribution is -2.31. The van der Waals surface area contributed by atoms with Crippen molar-refractivity contribution in [3.63, 3.8) is 0 Å². The molecular formula is C17H19BrN2O5S2. The number of hydrogen-bond donors (Lipinski definition) is 2. The molecule has 0 saturated heterocycles. The summed E-state index contributed by atoms with van der Waals surface area (Å²) in [5.74, 6) is -0.934. The molecule has 0 atom stereocenters. The number of halogens is 1. The first-order valence-electron chi connectivity index (χ1n) is 8.00. The summed E-state index contributed by atoms with van der Waals surface area (Å²) in [5.41, 5.74) is 0.1000. The molecule has 2 aromatic rings. The minimum absolute atomic E-state index is 0.0216. The van der Waals surface area contributed by atoms with Gasteiger partial charge in [-0.2, -0.15) is 0 Å². The summed E-state index contributed by atoms with van der Waals surface area (Å²) in [6, 6.07) is 9.13. The molecular weight excluding hydrogens is 456 g/mol. The normalized spacial score (nSPS) is 11.3. The molecule has 1 aromatic carbocycles. The zero-order valence-electron chi connectivity index (χ0n) is 14.7. The van der Waals surface area contributed by atoms with Crippen molar-refractivity contribution >= 4 is 54.9 Å². The Bertz CT molecular complexity index is 925. The fourth-order valence-corrected chi connectivity index (χ4v) is 5.05. The fraction of sp³-hybridized carbons (Fsp3) is 0.294. The molecule has 2 rings (SSSR count). The topological polar surface area (TPSA) is 102 Å². The van der Waals surface area contributed by atoms with E-state index in [0.29, 0.717) is 10.3 Å². The number of ether oxygens (including phenoxy) is 1. The second kappa shape index (κ2) is 9.34. The van der Waals surface area contributed by atoms with E-state index in [0.717, 1.165) is 11.3 Å². The van der Waals surface area contributed by atoms with Crippen LogP contribution in [0.2, 0.25) is 0 Å². The Hall–Kier alpha value is -1.91.